The van der Waals surface area contributed by atoms with Gasteiger partial charge in [0.1, 0.15) is 11.5 Å². The van der Waals surface area contributed by atoms with E-state index in [9.17, 15) is 4.79 Å². The van der Waals surface area contributed by atoms with Gasteiger partial charge >= 0.3 is 0 Å². The Balaban J connectivity index is 1.78. The summed E-state index contributed by atoms with van der Waals surface area (Å²) >= 11 is 3.47. The minimum absolute atomic E-state index is 0.0699. The maximum Gasteiger partial charge on any atom is 0.165 e. The number of Topliss-reactive ketones (excluding diaryl/α,β-unsaturated/α-hetero) is 1. The third-order valence-electron chi connectivity index (χ3n) is 5.04. The number of rotatable bonds is 11. The monoisotopic (exact) mass is 481 g/mol. The first-order valence-electron chi connectivity index (χ1n) is 10.5. The zero-order valence-electron chi connectivity index (χ0n) is 17.9. The topological polar surface area (TPSA) is 47.6 Å². The highest BCUT2D eigenvalue weighted by molar-refractivity contribution is 9.10. The third-order valence-corrected chi connectivity index (χ3v) is 5.56. The minimum atomic E-state index is -0.166. The fraction of sp³-hybridized carbons (Fsp3) is 0.269. The molecular formula is C26H28BrNO3. The lowest BCUT2D eigenvalue weighted by Crippen LogP contribution is -2.16. The fourth-order valence-electron chi connectivity index (χ4n) is 3.21. The molecule has 1 atom stereocenters. The highest BCUT2D eigenvalue weighted by atomic mass is 79.9. The van der Waals surface area contributed by atoms with Gasteiger partial charge in [0.05, 0.1) is 19.8 Å². The van der Waals surface area contributed by atoms with E-state index in [1.807, 2.05) is 72.8 Å². The van der Waals surface area contributed by atoms with E-state index < -0.39 is 0 Å². The molecule has 0 heterocycles. The van der Waals surface area contributed by atoms with Crippen LogP contribution >= 0.6 is 15.9 Å². The lowest BCUT2D eigenvalue weighted by atomic mass is 9.97. The van der Waals surface area contributed by atoms with E-state index in [2.05, 4.69) is 28.2 Å². The van der Waals surface area contributed by atoms with Crippen LogP contribution in [0.4, 0.5) is 5.69 Å². The van der Waals surface area contributed by atoms with Crippen LogP contribution in [-0.4, -0.2) is 19.5 Å². The van der Waals surface area contributed by atoms with Crippen LogP contribution in [0.25, 0.3) is 0 Å². The lowest BCUT2D eigenvalue weighted by molar-refractivity contribution is 0.0976. The first kappa shape index (κ1) is 22.9. The Morgan fingerprint density at radius 1 is 0.935 bits per heavy atom. The van der Waals surface area contributed by atoms with Crippen molar-refractivity contribution in [3.63, 3.8) is 0 Å². The number of ketones is 1. The molecule has 0 saturated carbocycles. The summed E-state index contributed by atoms with van der Waals surface area (Å²) < 4.78 is 12.0. The molecule has 31 heavy (non-hydrogen) atoms. The molecule has 3 rings (SSSR count). The highest BCUT2D eigenvalue weighted by Crippen LogP contribution is 2.27. The second kappa shape index (κ2) is 11.6. The molecule has 0 fully saturated rings. The van der Waals surface area contributed by atoms with Gasteiger partial charge in [0.2, 0.25) is 0 Å². The third kappa shape index (κ3) is 6.86. The van der Waals surface area contributed by atoms with Gasteiger partial charge in [0.25, 0.3) is 0 Å². The van der Waals surface area contributed by atoms with E-state index in [4.69, 9.17) is 9.47 Å². The SMILES string of the molecule is CCCCOc1ccc(C(CC(=O)c2ccc(OC)cc2)Nc2ccc(Br)cc2)cc1. The molecule has 1 unspecified atom stereocenters. The summed E-state index contributed by atoms with van der Waals surface area (Å²) in [5.41, 5.74) is 2.66. The first-order chi connectivity index (χ1) is 15.1. The van der Waals surface area contributed by atoms with E-state index in [0.717, 1.165) is 40.1 Å². The minimum Gasteiger partial charge on any atom is -0.497 e. The van der Waals surface area contributed by atoms with Crippen molar-refractivity contribution in [1.82, 2.24) is 0 Å². The van der Waals surface area contributed by atoms with Crippen LogP contribution in [0.2, 0.25) is 0 Å². The van der Waals surface area contributed by atoms with Crippen LogP contribution in [0.15, 0.2) is 77.3 Å². The van der Waals surface area contributed by atoms with Crippen molar-refractivity contribution in [2.45, 2.75) is 32.2 Å². The van der Waals surface area contributed by atoms with Crippen molar-refractivity contribution in [2.75, 3.05) is 19.0 Å². The summed E-state index contributed by atoms with van der Waals surface area (Å²) in [6, 6.07) is 23.0. The summed E-state index contributed by atoms with van der Waals surface area (Å²) in [5.74, 6) is 1.65. The molecule has 1 N–H and O–H groups in total. The first-order valence-corrected chi connectivity index (χ1v) is 11.3. The Hall–Kier alpha value is -2.79. The number of carbonyl (C=O) groups excluding carboxylic acids is 1. The number of methoxy groups -OCH3 is 1. The van der Waals surface area contributed by atoms with Crippen molar-refractivity contribution in [1.29, 1.82) is 0 Å². The number of benzene rings is 3. The van der Waals surface area contributed by atoms with Crippen molar-refractivity contribution in [2.24, 2.45) is 0 Å². The number of nitrogens with one attached hydrogen (secondary N) is 1. The molecule has 0 saturated heterocycles. The van der Waals surface area contributed by atoms with Crippen LogP contribution in [0.5, 0.6) is 11.5 Å². The van der Waals surface area contributed by atoms with Gasteiger partial charge in [-0.1, -0.05) is 41.4 Å². The Morgan fingerprint density at radius 2 is 1.58 bits per heavy atom. The summed E-state index contributed by atoms with van der Waals surface area (Å²) in [4.78, 5) is 13.0. The predicted molar refractivity (Wildman–Crippen MR) is 129 cm³/mol. The van der Waals surface area contributed by atoms with Crippen LogP contribution in [-0.2, 0) is 0 Å². The van der Waals surface area contributed by atoms with Crippen molar-refractivity contribution in [3.05, 3.63) is 88.4 Å². The van der Waals surface area contributed by atoms with Gasteiger partial charge in [-0.25, -0.2) is 0 Å². The number of hydrogen-bond donors (Lipinski definition) is 1. The number of carbonyl (C=O) groups is 1. The van der Waals surface area contributed by atoms with Gasteiger partial charge in [-0.2, -0.15) is 0 Å². The van der Waals surface area contributed by atoms with E-state index in [1.165, 1.54) is 0 Å². The van der Waals surface area contributed by atoms with Crippen LogP contribution in [0.1, 0.15) is 48.1 Å². The molecular weight excluding hydrogens is 454 g/mol. The normalized spacial score (nSPS) is 11.6. The van der Waals surface area contributed by atoms with Crippen LogP contribution in [0.3, 0.4) is 0 Å². The van der Waals surface area contributed by atoms with E-state index >= 15 is 0 Å². The zero-order valence-corrected chi connectivity index (χ0v) is 19.5. The van der Waals surface area contributed by atoms with Gasteiger partial charge in [0.15, 0.2) is 5.78 Å². The molecule has 0 amide bonds. The number of unbranched alkanes of at least 4 members (excludes halogenated alkanes) is 1. The molecule has 162 valence electrons. The van der Waals surface area contributed by atoms with E-state index in [1.54, 1.807) is 7.11 Å². The summed E-state index contributed by atoms with van der Waals surface area (Å²) in [7, 11) is 1.62. The standard InChI is InChI=1S/C26H28BrNO3/c1-3-4-17-31-24-15-5-19(6-16-24)25(28-22-11-9-21(27)10-12-22)18-26(29)20-7-13-23(30-2)14-8-20/h5-16,25,28H,3-4,17-18H2,1-2H3. The van der Waals surface area contributed by atoms with Crippen molar-refractivity contribution in [3.8, 4) is 11.5 Å². The molecule has 3 aromatic carbocycles. The molecule has 0 aliphatic carbocycles. The van der Waals surface area contributed by atoms with Gasteiger partial charge in [0, 0.05) is 22.1 Å². The number of ether oxygens (including phenoxy) is 2. The Bertz CT molecular complexity index is 953. The molecule has 0 aromatic heterocycles. The van der Waals surface area contributed by atoms with E-state index in [0.29, 0.717) is 18.6 Å². The zero-order chi connectivity index (χ0) is 22.1. The average molecular weight is 482 g/mol. The summed E-state index contributed by atoms with van der Waals surface area (Å²) in [6.07, 6.45) is 2.47. The molecule has 4 nitrogen and oxygen atoms in total. The molecule has 5 heteroatoms. The lowest BCUT2D eigenvalue weighted by Gasteiger charge is -2.21. The maximum absolute atomic E-state index is 13.0. The molecule has 0 aliphatic rings. The predicted octanol–water partition coefficient (Wildman–Crippen LogP) is 7.06. The number of anilines is 1. The molecule has 0 radical (unpaired) electrons. The van der Waals surface area contributed by atoms with Gasteiger partial charge in [-0.3, -0.25) is 4.79 Å². The number of halogens is 1. The quantitative estimate of drug-likeness (QED) is 0.235. The average Bonchev–Trinajstić information content (AvgIpc) is 2.80. The second-order valence-corrected chi connectivity index (χ2v) is 8.25. The van der Waals surface area contributed by atoms with Crippen LogP contribution in [0, 0.1) is 0 Å². The summed E-state index contributed by atoms with van der Waals surface area (Å²) in [5, 5.41) is 3.51. The largest absolute Gasteiger partial charge is 0.497 e. The van der Waals surface area contributed by atoms with Crippen molar-refractivity contribution >= 4 is 27.4 Å². The van der Waals surface area contributed by atoms with E-state index in [-0.39, 0.29) is 11.8 Å². The highest BCUT2D eigenvalue weighted by Gasteiger charge is 2.18. The molecule has 0 spiro atoms. The second-order valence-electron chi connectivity index (χ2n) is 7.33. The van der Waals surface area contributed by atoms with Gasteiger partial charge < -0.3 is 14.8 Å². The van der Waals surface area contributed by atoms with Crippen LogP contribution < -0.4 is 14.8 Å². The fourth-order valence-corrected chi connectivity index (χ4v) is 3.47. The Kier molecular flexibility index (Phi) is 8.53. The van der Waals surface area contributed by atoms with Gasteiger partial charge in [-0.05, 0) is 72.6 Å². The molecule has 3 aromatic rings. The molecule has 0 bridgehead atoms. The van der Waals surface area contributed by atoms with Crippen molar-refractivity contribution < 1.29 is 14.3 Å². The smallest absolute Gasteiger partial charge is 0.165 e. The van der Waals surface area contributed by atoms with Gasteiger partial charge in [-0.15, -0.1) is 0 Å². The Morgan fingerprint density at radius 3 is 2.19 bits per heavy atom. The summed E-state index contributed by atoms with van der Waals surface area (Å²) in [6.45, 7) is 2.86. The Labute approximate surface area is 192 Å². The maximum atomic E-state index is 13.0. The molecule has 0 aliphatic heterocycles. The number of hydrogen-bond acceptors (Lipinski definition) is 4.